The molecule has 2 fully saturated rings. The summed E-state index contributed by atoms with van der Waals surface area (Å²) in [6.45, 7) is 7.99. The van der Waals surface area contributed by atoms with Crippen molar-refractivity contribution < 1.29 is 4.79 Å². The van der Waals surface area contributed by atoms with Crippen LogP contribution in [0.2, 0.25) is 0 Å². The summed E-state index contributed by atoms with van der Waals surface area (Å²) >= 11 is 0. The minimum absolute atomic E-state index is 0.263. The van der Waals surface area contributed by atoms with Gasteiger partial charge in [0, 0.05) is 31.2 Å². The van der Waals surface area contributed by atoms with Crippen molar-refractivity contribution in [1.29, 1.82) is 0 Å². The predicted molar refractivity (Wildman–Crippen MR) is 82.7 cm³/mol. The number of likely N-dealkylation sites (N-methyl/N-ethyl adjacent to an activating group) is 1. The van der Waals surface area contributed by atoms with Gasteiger partial charge in [-0.25, -0.2) is 0 Å². The number of rotatable bonds is 6. The molecule has 0 saturated carbocycles. The summed E-state index contributed by atoms with van der Waals surface area (Å²) in [4.78, 5) is 16.7. The van der Waals surface area contributed by atoms with Crippen molar-refractivity contribution in [2.24, 2.45) is 0 Å². The molecule has 2 bridgehead atoms. The zero-order chi connectivity index (χ0) is 14.7. The zero-order valence-corrected chi connectivity index (χ0v) is 13.6. The zero-order valence-electron chi connectivity index (χ0n) is 13.6. The maximum absolute atomic E-state index is 12.4. The fraction of sp³-hybridized carbons (Fsp3) is 0.938. The van der Waals surface area contributed by atoms with Crippen LogP contribution in [0.5, 0.6) is 0 Å². The first-order valence-corrected chi connectivity index (χ1v) is 8.27. The second-order valence-electron chi connectivity index (χ2n) is 6.83. The Morgan fingerprint density at radius 1 is 1.25 bits per heavy atom. The van der Waals surface area contributed by atoms with Gasteiger partial charge in [0.05, 0.1) is 6.54 Å². The van der Waals surface area contributed by atoms with E-state index < -0.39 is 0 Å². The minimum Gasteiger partial charge on any atom is -0.342 e. The molecule has 0 aromatic carbocycles. The molecule has 0 spiro atoms. The van der Waals surface area contributed by atoms with Gasteiger partial charge in [0.2, 0.25) is 5.91 Å². The van der Waals surface area contributed by atoms with Gasteiger partial charge in [0.25, 0.3) is 0 Å². The summed E-state index contributed by atoms with van der Waals surface area (Å²) in [5, 5.41) is 3.69. The molecule has 4 heteroatoms. The highest BCUT2D eigenvalue weighted by molar-refractivity contribution is 5.78. The molecule has 20 heavy (non-hydrogen) atoms. The van der Waals surface area contributed by atoms with E-state index in [2.05, 4.69) is 31.0 Å². The quantitative estimate of drug-likeness (QED) is 0.807. The van der Waals surface area contributed by atoms with Crippen LogP contribution in [0.15, 0.2) is 0 Å². The molecule has 0 radical (unpaired) electrons. The van der Waals surface area contributed by atoms with Crippen molar-refractivity contribution in [1.82, 2.24) is 15.1 Å². The third kappa shape index (κ3) is 3.73. The fourth-order valence-electron chi connectivity index (χ4n) is 3.58. The van der Waals surface area contributed by atoms with E-state index in [0.717, 1.165) is 13.0 Å². The first-order valence-electron chi connectivity index (χ1n) is 8.27. The maximum Gasteiger partial charge on any atom is 0.236 e. The second-order valence-corrected chi connectivity index (χ2v) is 6.83. The molecule has 2 rings (SSSR count). The molecule has 0 aromatic rings. The highest BCUT2D eigenvalue weighted by atomic mass is 16.2. The molecule has 2 heterocycles. The Kier molecular flexibility index (Phi) is 5.44. The highest BCUT2D eigenvalue weighted by Gasteiger charge is 2.36. The Labute approximate surface area is 123 Å². The lowest BCUT2D eigenvalue weighted by molar-refractivity contribution is -0.133. The number of nitrogens with one attached hydrogen (secondary N) is 1. The molecular formula is C16H31N3O. The lowest BCUT2D eigenvalue weighted by atomic mass is 9.98. The monoisotopic (exact) mass is 281 g/mol. The van der Waals surface area contributed by atoms with Gasteiger partial charge >= 0.3 is 0 Å². The molecular weight excluding hydrogens is 250 g/mol. The van der Waals surface area contributed by atoms with Crippen molar-refractivity contribution in [2.75, 3.05) is 20.1 Å². The van der Waals surface area contributed by atoms with Crippen LogP contribution in [0.1, 0.15) is 52.9 Å². The molecule has 4 nitrogen and oxygen atoms in total. The van der Waals surface area contributed by atoms with E-state index >= 15 is 0 Å². The van der Waals surface area contributed by atoms with Crippen molar-refractivity contribution in [3.8, 4) is 0 Å². The molecule has 1 N–H and O–H groups in total. The predicted octanol–water partition coefficient (Wildman–Crippen LogP) is 1.85. The maximum atomic E-state index is 12.4. The van der Waals surface area contributed by atoms with Crippen LogP contribution in [0.4, 0.5) is 0 Å². The molecule has 116 valence electrons. The third-order valence-corrected chi connectivity index (χ3v) is 4.98. The minimum atomic E-state index is 0.263. The van der Waals surface area contributed by atoms with Crippen LogP contribution < -0.4 is 5.32 Å². The number of carbonyl (C=O) groups excluding carboxylic acids is 1. The van der Waals surface area contributed by atoms with Crippen LogP contribution >= 0.6 is 0 Å². The normalized spacial score (nSPS) is 29.2. The van der Waals surface area contributed by atoms with Gasteiger partial charge < -0.3 is 10.2 Å². The molecule has 2 aliphatic heterocycles. The smallest absolute Gasteiger partial charge is 0.236 e. The number of amides is 1. The summed E-state index contributed by atoms with van der Waals surface area (Å²) in [6, 6.07) is 2.26. The molecule has 2 aliphatic rings. The molecule has 0 aromatic heterocycles. The number of carbonyl (C=O) groups is 1. The van der Waals surface area contributed by atoms with Gasteiger partial charge in [-0.1, -0.05) is 6.92 Å². The van der Waals surface area contributed by atoms with E-state index in [1.807, 2.05) is 11.9 Å². The highest BCUT2D eigenvalue weighted by Crippen LogP contribution is 2.29. The summed E-state index contributed by atoms with van der Waals surface area (Å²) in [5.41, 5.74) is 0. The van der Waals surface area contributed by atoms with Gasteiger partial charge in [-0.05, 0) is 52.5 Å². The number of hydrogen-bond donors (Lipinski definition) is 1. The molecule has 2 unspecified atom stereocenters. The number of nitrogens with zero attached hydrogens (tertiary/aromatic N) is 2. The number of hydrogen-bond acceptors (Lipinski definition) is 3. The molecule has 1 amide bonds. The lowest BCUT2D eigenvalue weighted by Crippen LogP contribution is -2.51. The van der Waals surface area contributed by atoms with Crippen molar-refractivity contribution >= 4 is 5.91 Å². The molecule has 0 aliphatic carbocycles. The largest absolute Gasteiger partial charge is 0.342 e. The summed E-state index contributed by atoms with van der Waals surface area (Å²) in [6.07, 6.45) is 6.20. The van der Waals surface area contributed by atoms with Gasteiger partial charge in [-0.2, -0.15) is 0 Å². The average molecular weight is 281 g/mol. The van der Waals surface area contributed by atoms with Crippen LogP contribution in [-0.2, 0) is 4.79 Å². The van der Waals surface area contributed by atoms with Gasteiger partial charge in [0.15, 0.2) is 0 Å². The van der Waals surface area contributed by atoms with Gasteiger partial charge in [-0.3, -0.25) is 9.69 Å². The standard InChI is InChI=1S/C16H31N3O/c1-5-8-19(11-16(20)18(4)12(2)3)15-9-13-6-7-14(10-15)17-13/h12-15,17H,5-11H2,1-4H3. The first-order chi connectivity index (χ1) is 9.51. The summed E-state index contributed by atoms with van der Waals surface area (Å²) in [7, 11) is 1.92. The first kappa shape index (κ1) is 15.8. The van der Waals surface area contributed by atoms with Crippen LogP contribution in [0.3, 0.4) is 0 Å². The lowest BCUT2D eigenvalue weighted by Gasteiger charge is -2.38. The Bertz CT molecular complexity index is 320. The van der Waals surface area contributed by atoms with E-state index in [4.69, 9.17) is 0 Å². The molecule has 2 saturated heterocycles. The second kappa shape index (κ2) is 6.90. The van der Waals surface area contributed by atoms with Gasteiger partial charge in [0.1, 0.15) is 0 Å². The average Bonchev–Trinajstić information content (AvgIpc) is 2.75. The topological polar surface area (TPSA) is 35.6 Å². The van der Waals surface area contributed by atoms with Crippen LogP contribution in [0.25, 0.3) is 0 Å². The third-order valence-electron chi connectivity index (χ3n) is 4.98. The van der Waals surface area contributed by atoms with Crippen molar-refractivity contribution in [3.05, 3.63) is 0 Å². The van der Waals surface area contributed by atoms with Crippen molar-refractivity contribution in [3.63, 3.8) is 0 Å². The van der Waals surface area contributed by atoms with Gasteiger partial charge in [-0.15, -0.1) is 0 Å². The summed E-state index contributed by atoms with van der Waals surface area (Å²) in [5.74, 6) is 0.263. The van der Waals surface area contributed by atoms with E-state index in [9.17, 15) is 4.79 Å². The van der Waals surface area contributed by atoms with Crippen molar-refractivity contribution in [2.45, 2.75) is 77.0 Å². The van der Waals surface area contributed by atoms with E-state index in [1.54, 1.807) is 0 Å². The Balaban J connectivity index is 1.94. The van der Waals surface area contributed by atoms with Crippen LogP contribution in [0, 0.1) is 0 Å². The fourth-order valence-corrected chi connectivity index (χ4v) is 3.58. The Morgan fingerprint density at radius 2 is 1.85 bits per heavy atom. The van der Waals surface area contributed by atoms with E-state index in [-0.39, 0.29) is 11.9 Å². The number of piperidine rings is 1. The van der Waals surface area contributed by atoms with Crippen LogP contribution in [-0.4, -0.2) is 60.0 Å². The van der Waals surface area contributed by atoms with E-state index in [0.29, 0.717) is 24.7 Å². The Hall–Kier alpha value is -0.610. The SMILES string of the molecule is CCCN(CC(=O)N(C)C(C)C)C1CC2CCC(C1)N2. The van der Waals surface area contributed by atoms with E-state index in [1.165, 1.54) is 25.7 Å². The molecule has 2 atom stereocenters. The Morgan fingerprint density at radius 3 is 2.35 bits per heavy atom. The summed E-state index contributed by atoms with van der Waals surface area (Å²) < 4.78 is 0. The number of fused-ring (bicyclic) bond motifs is 2.